The summed E-state index contributed by atoms with van der Waals surface area (Å²) >= 11 is 0. The van der Waals surface area contributed by atoms with Crippen molar-refractivity contribution in [3.05, 3.63) is 65.9 Å². The van der Waals surface area contributed by atoms with Crippen molar-refractivity contribution in [3.8, 4) is 11.6 Å². The Labute approximate surface area is 186 Å². The summed E-state index contributed by atoms with van der Waals surface area (Å²) in [6, 6.07) is 15.8. The smallest absolute Gasteiger partial charge is 0.489 e. The van der Waals surface area contributed by atoms with Crippen LogP contribution in [0.1, 0.15) is 25.0 Å². The molecule has 0 unspecified atom stereocenters. The van der Waals surface area contributed by atoms with Crippen molar-refractivity contribution in [2.75, 3.05) is 13.7 Å². The van der Waals surface area contributed by atoms with Gasteiger partial charge in [0.15, 0.2) is 0 Å². The van der Waals surface area contributed by atoms with E-state index < -0.39 is 6.16 Å². The van der Waals surface area contributed by atoms with Gasteiger partial charge in [0.05, 0.1) is 30.5 Å². The molecular weight excluding hydrogens is 408 g/mol. The first-order valence-corrected chi connectivity index (χ1v) is 10.5. The van der Waals surface area contributed by atoms with Crippen LogP contribution in [-0.2, 0) is 22.7 Å². The molecule has 7 heteroatoms. The Morgan fingerprint density at radius 1 is 1.06 bits per heavy atom. The second-order valence-corrected chi connectivity index (χ2v) is 7.93. The fraction of sp³-hybridized carbons (Fsp3) is 0.280. The molecule has 4 rings (SSSR count). The summed E-state index contributed by atoms with van der Waals surface area (Å²) in [5.74, 6) is 1.12. The number of rotatable bonds is 8. The first-order valence-electron chi connectivity index (χ1n) is 10.5. The number of hydrogen-bond donors (Lipinski definition) is 1. The van der Waals surface area contributed by atoms with Gasteiger partial charge in [-0.05, 0) is 29.7 Å². The number of aromatic nitrogens is 2. The second-order valence-electron chi connectivity index (χ2n) is 7.93. The number of H-pyrrole nitrogens is 1. The normalized spacial score (nSPS) is 11.2. The molecule has 0 amide bonds. The Balaban J connectivity index is 1.68. The minimum absolute atomic E-state index is 0.171. The molecule has 2 heterocycles. The van der Waals surface area contributed by atoms with Crippen LogP contribution in [-0.4, -0.2) is 29.8 Å². The lowest BCUT2D eigenvalue weighted by Gasteiger charge is -2.11. The summed E-state index contributed by atoms with van der Waals surface area (Å²) < 4.78 is 22.0. The Bertz CT molecular complexity index is 1220. The molecule has 2 aromatic carbocycles. The first kappa shape index (κ1) is 21.6. The summed E-state index contributed by atoms with van der Waals surface area (Å²) in [4.78, 5) is 19.8. The highest BCUT2D eigenvalue weighted by molar-refractivity contribution is 6.09. The summed E-state index contributed by atoms with van der Waals surface area (Å²) in [5.41, 5.74) is 3.49. The maximum Gasteiger partial charge on any atom is 0.515 e. The lowest BCUT2D eigenvalue weighted by Crippen LogP contribution is -2.16. The maximum absolute atomic E-state index is 12.1. The van der Waals surface area contributed by atoms with Crippen molar-refractivity contribution in [3.63, 3.8) is 0 Å². The van der Waals surface area contributed by atoms with Gasteiger partial charge < -0.3 is 23.9 Å². The van der Waals surface area contributed by atoms with Gasteiger partial charge in [0, 0.05) is 23.4 Å². The summed E-state index contributed by atoms with van der Waals surface area (Å²) in [5, 5.41) is 1.80. The van der Waals surface area contributed by atoms with E-state index in [-0.39, 0.29) is 25.0 Å². The molecule has 4 aromatic rings. The molecule has 7 nitrogen and oxygen atoms in total. The van der Waals surface area contributed by atoms with E-state index in [1.807, 2.05) is 62.4 Å². The molecule has 0 saturated carbocycles. The van der Waals surface area contributed by atoms with Crippen molar-refractivity contribution < 1.29 is 23.7 Å². The van der Waals surface area contributed by atoms with Crippen molar-refractivity contribution >= 4 is 28.0 Å². The molecule has 0 fully saturated rings. The number of nitrogens with one attached hydrogen (secondary N) is 1. The zero-order valence-corrected chi connectivity index (χ0v) is 18.4. The highest BCUT2D eigenvalue weighted by atomic mass is 16.7. The zero-order valence-electron chi connectivity index (χ0n) is 18.4. The number of fused-ring (bicyclic) bond motifs is 3. The fourth-order valence-corrected chi connectivity index (χ4v) is 3.46. The average Bonchev–Trinajstić information content (AvgIpc) is 3.17. The van der Waals surface area contributed by atoms with E-state index in [1.54, 1.807) is 13.3 Å². The number of benzene rings is 2. The predicted molar refractivity (Wildman–Crippen MR) is 122 cm³/mol. The number of carbonyl (C=O) groups excluding carboxylic acids is 1. The van der Waals surface area contributed by atoms with Gasteiger partial charge in [-0.2, -0.15) is 0 Å². The van der Waals surface area contributed by atoms with Gasteiger partial charge in [0.2, 0.25) is 5.88 Å². The molecule has 0 radical (unpaired) electrons. The highest BCUT2D eigenvalue weighted by Gasteiger charge is 2.19. The molecule has 0 aliphatic rings. The van der Waals surface area contributed by atoms with Crippen LogP contribution >= 0.6 is 0 Å². The molecule has 1 N–H and O–H groups in total. The Kier molecular flexibility index (Phi) is 6.56. The number of pyridine rings is 1. The molecule has 32 heavy (non-hydrogen) atoms. The van der Waals surface area contributed by atoms with E-state index in [1.165, 1.54) is 0 Å². The van der Waals surface area contributed by atoms with Crippen LogP contribution < -0.4 is 9.47 Å². The topological polar surface area (TPSA) is 82.7 Å². The van der Waals surface area contributed by atoms with Crippen LogP contribution in [0.3, 0.4) is 0 Å². The molecule has 166 valence electrons. The van der Waals surface area contributed by atoms with Crippen LogP contribution in [0.25, 0.3) is 21.8 Å². The van der Waals surface area contributed by atoms with E-state index in [2.05, 4.69) is 9.97 Å². The van der Waals surface area contributed by atoms with Crippen LogP contribution in [0.4, 0.5) is 4.79 Å². The fourth-order valence-electron chi connectivity index (χ4n) is 3.46. The lowest BCUT2D eigenvalue weighted by molar-refractivity contribution is 0.0858. The molecule has 2 aromatic heterocycles. The van der Waals surface area contributed by atoms with E-state index in [9.17, 15) is 4.79 Å². The van der Waals surface area contributed by atoms with Gasteiger partial charge in [-0.15, -0.1) is 0 Å². The summed E-state index contributed by atoms with van der Waals surface area (Å²) in [7, 11) is 1.59. The van der Waals surface area contributed by atoms with Gasteiger partial charge in [-0.3, -0.25) is 0 Å². The van der Waals surface area contributed by atoms with Crippen molar-refractivity contribution in [1.82, 2.24) is 9.97 Å². The SMILES string of the molecule is COCc1c(OC(=O)OCC(C)C)ncc2[nH]c3ccc(OCc4ccccc4)cc3c12. The third-order valence-corrected chi connectivity index (χ3v) is 4.92. The standard InChI is InChI=1S/C25H26N2O5/c1-16(2)13-31-25(28)32-24-20(15-29-3)23-19-11-18(30-14-17-7-5-4-6-8-17)9-10-21(19)27-22(23)12-26-24/h4-12,16,27H,13-15H2,1-3H3. The first-order chi connectivity index (χ1) is 15.5. The average molecular weight is 434 g/mol. The van der Waals surface area contributed by atoms with Gasteiger partial charge in [-0.1, -0.05) is 44.2 Å². The highest BCUT2D eigenvalue weighted by Crippen LogP contribution is 2.35. The number of carbonyl (C=O) groups is 1. The zero-order chi connectivity index (χ0) is 22.5. The van der Waals surface area contributed by atoms with Gasteiger partial charge in [0.1, 0.15) is 12.4 Å². The van der Waals surface area contributed by atoms with E-state index in [4.69, 9.17) is 18.9 Å². The molecule has 0 aliphatic carbocycles. The van der Waals surface area contributed by atoms with Crippen LogP contribution in [0, 0.1) is 5.92 Å². The van der Waals surface area contributed by atoms with Crippen molar-refractivity contribution in [2.24, 2.45) is 5.92 Å². The predicted octanol–water partition coefficient (Wildman–Crippen LogP) is 5.61. The van der Waals surface area contributed by atoms with E-state index in [0.717, 1.165) is 33.1 Å². The maximum atomic E-state index is 12.1. The van der Waals surface area contributed by atoms with Crippen molar-refractivity contribution in [2.45, 2.75) is 27.1 Å². The number of aromatic amines is 1. The van der Waals surface area contributed by atoms with Gasteiger partial charge in [0.25, 0.3) is 0 Å². The minimum atomic E-state index is -0.783. The minimum Gasteiger partial charge on any atom is -0.489 e. The monoisotopic (exact) mass is 434 g/mol. The molecule has 0 spiro atoms. The Morgan fingerprint density at radius 2 is 1.88 bits per heavy atom. The third-order valence-electron chi connectivity index (χ3n) is 4.92. The van der Waals surface area contributed by atoms with E-state index >= 15 is 0 Å². The Hall–Kier alpha value is -3.58. The van der Waals surface area contributed by atoms with Crippen molar-refractivity contribution in [1.29, 1.82) is 0 Å². The number of hydrogen-bond acceptors (Lipinski definition) is 6. The second kappa shape index (κ2) is 9.70. The molecule has 0 aliphatic heterocycles. The van der Waals surface area contributed by atoms with Crippen LogP contribution in [0.15, 0.2) is 54.7 Å². The van der Waals surface area contributed by atoms with Crippen LogP contribution in [0.5, 0.6) is 11.6 Å². The lowest BCUT2D eigenvalue weighted by atomic mass is 10.1. The van der Waals surface area contributed by atoms with Gasteiger partial charge >= 0.3 is 6.16 Å². The Morgan fingerprint density at radius 3 is 2.62 bits per heavy atom. The quantitative estimate of drug-likeness (QED) is 0.363. The van der Waals surface area contributed by atoms with E-state index in [0.29, 0.717) is 12.2 Å². The summed E-state index contributed by atoms with van der Waals surface area (Å²) in [6.07, 6.45) is 0.860. The number of methoxy groups -OCH3 is 1. The van der Waals surface area contributed by atoms with Gasteiger partial charge in [-0.25, -0.2) is 9.78 Å². The number of nitrogens with zero attached hydrogens (tertiary/aromatic N) is 1. The van der Waals surface area contributed by atoms with Crippen LogP contribution in [0.2, 0.25) is 0 Å². The largest absolute Gasteiger partial charge is 0.515 e. The molecular formula is C25H26N2O5. The number of ether oxygens (including phenoxy) is 4. The third kappa shape index (κ3) is 4.84. The molecule has 0 saturated heterocycles. The molecule has 0 bridgehead atoms. The molecule has 0 atom stereocenters. The summed E-state index contributed by atoms with van der Waals surface area (Å²) in [6.45, 7) is 4.88.